The number of methoxy groups -OCH3 is 2. The molecular formula is C16H20O6. The minimum absolute atomic E-state index is 0.0317. The third kappa shape index (κ3) is 3.99. The molecule has 1 aliphatic heterocycles. The monoisotopic (exact) mass is 308 g/mol. The van der Waals surface area contributed by atoms with E-state index in [1.54, 1.807) is 6.07 Å². The summed E-state index contributed by atoms with van der Waals surface area (Å²) in [6, 6.07) is 5.58. The zero-order chi connectivity index (χ0) is 15.9. The van der Waals surface area contributed by atoms with Gasteiger partial charge in [0.1, 0.15) is 12.0 Å². The number of carbonyl (C=O) groups excluding carboxylic acids is 1. The van der Waals surface area contributed by atoms with E-state index in [4.69, 9.17) is 18.9 Å². The Morgan fingerprint density at radius 1 is 1.27 bits per heavy atom. The molecule has 0 bridgehead atoms. The third-order valence-corrected chi connectivity index (χ3v) is 3.14. The van der Waals surface area contributed by atoms with Crippen molar-refractivity contribution in [1.82, 2.24) is 0 Å². The number of hydrogen-bond donors (Lipinski definition) is 0. The number of benzene rings is 1. The Morgan fingerprint density at radius 2 is 2.00 bits per heavy atom. The number of ether oxygens (including phenoxy) is 5. The van der Waals surface area contributed by atoms with Crippen LogP contribution in [0.3, 0.4) is 0 Å². The van der Waals surface area contributed by atoms with Crippen molar-refractivity contribution in [2.75, 3.05) is 27.4 Å². The number of esters is 1. The summed E-state index contributed by atoms with van der Waals surface area (Å²) in [4.78, 5) is 11.7. The summed E-state index contributed by atoms with van der Waals surface area (Å²) in [5.41, 5.74) is 1.70. The van der Waals surface area contributed by atoms with Crippen molar-refractivity contribution in [3.63, 3.8) is 0 Å². The molecule has 1 saturated heterocycles. The molecule has 22 heavy (non-hydrogen) atoms. The van der Waals surface area contributed by atoms with E-state index in [1.807, 2.05) is 19.1 Å². The predicted octanol–water partition coefficient (Wildman–Crippen LogP) is 2.47. The molecule has 0 radical (unpaired) electrons. The molecule has 0 atom stereocenters. The smallest absolute Gasteiger partial charge is 0.377 e. The van der Waals surface area contributed by atoms with Crippen LogP contribution in [-0.2, 0) is 23.7 Å². The highest BCUT2D eigenvalue weighted by Crippen LogP contribution is 2.29. The lowest BCUT2D eigenvalue weighted by molar-refractivity contribution is -0.183. The SMILES string of the molecule is CO/C=C(\Oc1cc(C2OCCCO2)ccc1C)C(=O)OC. The highest BCUT2D eigenvalue weighted by atomic mass is 16.7. The molecular weight excluding hydrogens is 288 g/mol. The van der Waals surface area contributed by atoms with E-state index < -0.39 is 12.3 Å². The number of hydrogen-bond acceptors (Lipinski definition) is 6. The van der Waals surface area contributed by atoms with Crippen molar-refractivity contribution in [3.8, 4) is 5.75 Å². The van der Waals surface area contributed by atoms with Crippen LogP contribution in [0.5, 0.6) is 5.75 Å². The Kier molecular flexibility index (Phi) is 5.80. The van der Waals surface area contributed by atoms with Gasteiger partial charge in [-0.25, -0.2) is 4.79 Å². The van der Waals surface area contributed by atoms with Crippen molar-refractivity contribution in [1.29, 1.82) is 0 Å². The topological polar surface area (TPSA) is 63.2 Å². The first-order valence-electron chi connectivity index (χ1n) is 6.98. The predicted molar refractivity (Wildman–Crippen MR) is 78.2 cm³/mol. The number of rotatable bonds is 5. The Bertz CT molecular complexity index is 546. The normalized spacial score (nSPS) is 16.2. The maximum Gasteiger partial charge on any atom is 0.377 e. The minimum Gasteiger partial charge on any atom is -0.500 e. The van der Waals surface area contributed by atoms with Gasteiger partial charge in [0.05, 0.1) is 27.4 Å². The highest BCUT2D eigenvalue weighted by Gasteiger charge is 2.19. The lowest BCUT2D eigenvalue weighted by Gasteiger charge is -2.24. The lowest BCUT2D eigenvalue weighted by atomic mass is 10.1. The van der Waals surface area contributed by atoms with Crippen molar-refractivity contribution in [2.24, 2.45) is 0 Å². The maximum absolute atomic E-state index is 11.7. The molecule has 120 valence electrons. The summed E-state index contributed by atoms with van der Waals surface area (Å²) >= 11 is 0. The van der Waals surface area contributed by atoms with Crippen LogP contribution in [0.15, 0.2) is 30.2 Å². The van der Waals surface area contributed by atoms with E-state index in [9.17, 15) is 4.79 Å². The second-order valence-corrected chi connectivity index (χ2v) is 4.76. The first-order valence-corrected chi connectivity index (χ1v) is 6.98. The lowest BCUT2D eigenvalue weighted by Crippen LogP contribution is -2.18. The molecule has 2 rings (SSSR count). The molecule has 0 saturated carbocycles. The fourth-order valence-electron chi connectivity index (χ4n) is 1.99. The Labute approximate surface area is 129 Å². The van der Waals surface area contributed by atoms with Crippen LogP contribution in [0.4, 0.5) is 0 Å². The first-order chi connectivity index (χ1) is 10.7. The molecule has 1 fully saturated rings. The molecule has 0 spiro atoms. The third-order valence-electron chi connectivity index (χ3n) is 3.14. The average molecular weight is 308 g/mol. The first kappa shape index (κ1) is 16.3. The van der Waals surface area contributed by atoms with Crippen molar-refractivity contribution in [2.45, 2.75) is 19.6 Å². The number of carbonyl (C=O) groups is 1. The molecule has 0 unspecified atom stereocenters. The van der Waals surface area contributed by atoms with Crippen LogP contribution in [0.2, 0.25) is 0 Å². The van der Waals surface area contributed by atoms with E-state index in [1.165, 1.54) is 20.5 Å². The van der Waals surface area contributed by atoms with Gasteiger partial charge >= 0.3 is 5.97 Å². The van der Waals surface area contributed by atoms with E-state index >= 15 is 0 Å². The summed E-state index contributed by atoms with van der Waals surface area (Å²) in [5.74, 6) is -0.128. The fraction of sp³-hybridized carbons (Fsp3) is 0.438. The number of aryl methyl sites for hydroxylation is 1. The minimum atomic E-state index is -0.614. The maximum atomic E-state index is 11.7. The molecule has 1 heterocycles. The van der Waals surface area contributed by atoms with Gasteiger partial charge in [0.25, 0.3) is 0 Å². The zero-order valence-electron chi connectivity index (χ0n) is 13.0. The van der Waals surface area contributed by atoms with Crippen LogP contribution in [0.1, 0.15) is 23.8 Å². The van der Waals surface area contributed by atoms with Gasteiger partial charge < -0.3 is 23.7 Å². The molecule has 1 aromatic rings. The van der Waals surface area contributed by atoms with E-state index in [0.29, 0.717) is 19.0 Å². The second kappa shape index (κ2) is 7.82. The van der Waals surface area contributed by atoms with Gasteiger partial charge in [-0.15, -0.1) is 0 Å². The second-order valence-electron chi connectivity index (χ2n) is 4.76. The highest BCUT2D eigenvalue weighted by molar-refractivity contribution is 5.86. The molecule has 0 N–H and O–H groups in total. The van der Waals surface area contributed by atoms with Crippen LogP contribution < -0.4 is 4.74 Å². The Balaban J connectivity index is 2.22. The molecule has 0 amide bonds. The molecule has 0 aromatic heterocycles. The quantitative estimate of drug-likeness (QED) is 0.473. The standard InChI is InChI=1S/C16H20O6/c1-11-5-6-12(16-20-7-4-8-21-16)9-13(11)22-14(10-18-2)15(17)19-3/h5-6,9-10,16H,4,7-8H2,1-3H3/b14-10-. The summed E-state index contributed by atoms with van der Waals surface area (Å²) < 4.78 is 26.3. The summed E-state index contributed by atoms with van der Waals surface area (Å²) in [6.45, 7) is 3.20. The van der Waals surface area contributed by atoms with Crippen LogP contribution in [-0.4, -0.2) is 33.4 Å². The van der Waals surface area contributed by atoms with E-state index in [-0.39, 0.29) is 5.76 Å². The van der Waals surface area contributed by atoms with E-state index in [2.05, 4.69) is 4.74 Å². The van der Waals surface area contributed by atoms with Gasteiger partial charge in [0.15, 0.2) is 6.29 Å². The summed E-state index contributed by atoms with van der Waals surface area (Å²) in [6.07, 6.45) is 1.67. The van der Waals surface area contributed by atoms with Gasteiger partial charge in [-0.1, -0.05) is 12.1 Å². The van der Waals surface area contributed by atoms with Gasteiger partial charge in [0.2, 0.25) is 5.76 Å². The molecule has 6 heteroatoms. The fourth-order valence-corrected chi connectivity index (χ4v) is 1.99. The van der Waals surface area contributed by atoms with Gasteiger partial charge in [-0.05, 0) is 25.0 Å². The molecule has 0 aliphatic carbocycles. The summed E-state index contributed by atoms with van der Waals surface area (Å²) in [5, 5.41) is 0. The van der Waals surface area contributed by atoms with Gasteiger partial charge in [-0.2, -0.15) is 0 Å². The van der Waals surface area contributed by atoms with Crippen LogP contribution in [0, 0.1) is 6.92 Å². The van der Waals surface area contributed by atoms with E-state index in [0.717, 1.165) is 17.5 Å². The molecule has 6 nitrogen and oxygen atoms in total. The van der Waals surface area contributed by atoms with Crippen molar-refractivity contribution in [3.05, 3.63) is 41.3 Å². The van der Waals surface area contributed by atoms with Gasteiger partial charge in [-0.3, -0.25) is 0 Å². The van der Waals surface area contributed by atoms with Crippen molar-refractivity contribution < 1.29 is 28.5 Å². The van der Waals surface area contributed by atoms with Crippen LogP contribution in [0.25, 0.3) is 0 Å². The van der Waals surface area contributed by atoms with Gasteiger partial charge in [0, 0.05) is 5.56 Å². The van der Waals surface area contributed by atoms with Crippen molar-refractivity contribution >= 4 is 5.97 Å². The average Bonchev–Trinajstić information content (AvgIpc) is 2.56. The molecule has 1 aliphatic rings. The molecule has 1 aromatic carbocycles. The van der Waals surface area contributed by atoms with Crippen LogP contribution >= 0.6 is 0 Å². The Hall–Kier alpha value is -2.05. The summed E-state index contributed by atoms with van der Waals surface area (Å²) in [7, 11) is 2.71. The Morgan fingerprint density at radius 3 is 2.64 bits per heavy atom. The largest absolute Gasteiger partial charge is 0.500 e. The zero-order valence-corrected chi connectivity index (χ0v) is 13.0.